The Kier molecular flexibility index (Phi) is 4.39. The lowest BCUT2D eigenvalue weighted by Crippen LogP contribution is -2.23. The molecule has 1 aromatic rings. The molecule has 1 nitrogen and oxygen atoms in total. The number of aryl methyl sites for hydroxylation is 2. The molecule has 0 heterocycles. The van der Waals surface area contributed by atoms with Crippen molar-refractivity contribution in [3.8, 4) is 0 Å². The molecule has 0 amide bonds. The van der Waals surface area contributed by atoms with Crippen molar-refractivity contribution in [2.24, 2.45) is 11.7 Å². The highest BCUT2D eigenvalue weighted by atomic mass is 19.1. The molecule has 100 valence electrons. The third kappa shape index (κ3) is 2.92. The Morgan fingerprint density at radius 2 is 1.56 bits per heavy atom. The first-order chi connectivity index (χ1) is 8.59. The molecular weight excluding hydrogens is 225 g/mol. The van der Waals surface area contributed by atoms with Crippen LogP contribution in [-0.4, -0.2) is 0 Å². The van der Waals surface area contributed by atoms with Crippen LogP contribution in [0.2, 0.25) is 0 Å². The van der Waals surface area contributed by atoms with Gasteiger partial charge < -0.3 is 5.73 Å². The Bertz CT molecular complexity index is 383. The summed E-state index contributed by atoms with van der Waals surface area (Å²) in [6.07, 6.45) is 7.69. The molecule has 1 fully saturated rings. The van der Waals surface area contributed by atoms with E-state index in [2.05, 4.69) is 0 Å². The van der Waals surface area contributed by atoms with Gasteiger partial charge in [0.2, 0.25) is 0 Å². The SMILES string of the molecule is Cc1cc(F)cc(C)c1C(N)C1CCCCCC1. The molecule has 0 spiro atoms. The molecule has 1 saturated carbocycles. The summed E-state index contributed by atoms with van der Waals surface area (Å²) in [5.41, 5.74) is 9.65. The summed E-state index contributed by atoms with van der Waals surface area (Å²) in [7, 11) is 0. The van der Waals surface area contributed by atoms with Crippen LogP contribution in [0.3, 0.4) is 0 Å². The van der Waals surface area contributed by atoms with Crippen LogP contribution in [0.5, 0.6) is 0 Å². The zero-order valence-corrected chi connectivity index (χ0v) is 11.5. The normalized spacial score (nSPS) is 19.6. The average Bonchev–Trinajstić information content (AvgIpc) is 2.55. The van der Waals surface area contributed by atoms with Gasteiger partial charge in [-0.05, 0) is 61.4 Å². The minimum Gasteiger partial charge on any atom is -0.324 e. The number of benzene rings is 1. The Hall–Kier alpha value is -0.890. The van der Waals surface area contributed by atoms with Crippen LogP contribution in [0.4, 0.5) is 4.39 Å². The first-order valence-electron chi connectivity index (χ1n) is 7.12. The fourth-order valence-corrected chi connectivity index (χ4v) is 3.35. The maximum atomic E-state index is 13.3. The van der Waals surface area contributed by atoms with E-state index in [9.17, 15) is 4.39 Å². The van der Waals surface area contributed by atoms with Gasteiger partial charge in [-0.2, -0.15) is 0 Å². The molecule has 0 aromatic heterocycles. The van der Waals surface area contributed by atoms with Crippen molar-refractivity contribution in [1.82, 2.24) is 0 Å². The third-order valence-electron chi connectivity index (χ3n) is 4.30. The second-order valence-electron chi connectivity index (χ2n) is 5.73. The largest absolute Gasteiger partial charge is 0.324 e. The molecule has 0 aliphatic heterocycles. The Labute approximate surface area is 110 Å². The smallest absolute Gasteiger partial charge is 0.123 e. The minimum atomic E-state index is -0.151. The van der Waals surface area contributed by atoms with Gasteiger partial charge in [-0.15, -0.1) is 0 Å². The zero-order chi connectivity index (χ0) is 13.1. The first-order valence-corrected chi connectivity index (χ1v) is 7.12. The van der Waals surface area contributed by atoms with Gasteiger partial charge in [-0.1, -0.05) is 25.7 Å². The second kappa shape index (κ2) is 5.83. The molecule has 1 atom stereocenters. The topological polar surface area (TPSA) is 26.0 Å². The van der Waals surface area contributed by atoms with E-state index >= 15 is 0 Å². The average molecular weight is 249 g/mol. The minimum absolute atomic E-state index is 0.0729. The molecule has 1 unspecified atom stereocenters. The van der Waals surface area contributed by atoms with E-state index in [0.29, 0.717) is 5.92 Å². The Morgan fingerprint density at radius 3 is 2.06 bits per heavy atom. The van der Waals surface area contributed by atoms with E-state index in [-0.39, 0.29) is 11.9 Å². The molecule has 2 heteroatoms. The van der Waals surface area contributed by atoms with Crippen molar-refractivity contribution in [3.05, 3.63) is 34.6 Å². The van der Waals surface area contributed by atoms with E-state index in [4.69, 9.17) is 5.73 Å². The van der Waals surface area contributed by atoms with Gasteiger partial charge in [0, 0.05) is 6.04 Å². The van der Waals surface area contributed by atoms with Crippen LogP contribution in [-0.2, 0) is 0 Å². The summed E-state index contributed by atoms with van der Waals surface area (Å²) < 4.78 is 13.3. The van der Waals surface area contributed by atoms with Crippen LogP contribution < -0.4 is 5.73 Å². The maximum Gasteiger partial charge on any atom is 0.123 e. The van der Waals surface area contributed by atoms with Crippen molar-refractivity contribution >= 4 is 0 Å². The highest BCUT2D eigenvalue weighted by molar-refractivity contribution is 5.37. The molecule has 1 aromatic carbocycles. The fourth-order valence-electron chi connectivity index (χ4n) is 3.35. The molecular formula is C16H24FN. The van der Waals surface area contributed by atoms with Gasteiger partial charge in [0.05, 0.1) is 0 Å². The molecule has 1 aliphatic rings. The summed E-state index contributed by atoms with van der Waals surface area (Å²) in [6.45, 7) is 3.95. The molecule has 0 radical (unpaired) electrons. The maximum absolute atomic E-state index is 13.3. The first kappa shape index (κ1) is 13.5. The van der Waals surface area contributed by atoms with Crippen molar-refractivity contribution in [2.75, 3.05) is 0 Å². The highest BCUT2D eigenvalue weighted by Crippen LogP contribution is 2.34. The van der Waals surface area contributed by atoms with Crippen LogP contribution in [0, 0.1) is 25.6 Å². The predicted molar refractivity (Wildman–Crippen MR) is 74.0 cm³/mol. The molecule has 1 aliphatic carbocycles. The van der Waals surface area contributed by atoms with Crippen molar-refractivity contribution < 1.29 is 4.39 Å². The van der Waals surface area contributed by atoms with Crippen LogP contribution in [0.25, 0.3) is 0 Å². The molecule has 0 saturated heterocycles. The lowest BCUT2D eigenvalue weighted by Gasteiger charge is -2.26. The number of hydrogen-bond acceptors (Lipinski definition) is 1. The van der Waals surface area contributed by atoms with E-state index in [0.717, 1.165) is 11.1 Å². The van der Waals surface area contributed by atoms with Gasteiger partial charge in [-0.25, -0.2) is 4.39 Å². The van der Waals surface area contributed by atoms with Crippen molar-refractivity contribution in [3.63, 3.8) is 0 Å². The monoisotopic (exact) mass is 249 g/mol. The molecule has 18 heavy (non-hydrogen) atoms. The standard InChI is InChI=1S/C16H24FN/c1-11-9-14(17)10-12(2)15(11)16(18)13-7-5-3-4-6-8-13/h9-10,13,16H,3-8,18H2,1-2H3. The van der Waals surface area contributed by atoms with Crippen LogP contribution >= 0.6 is 0 Å². The van der Waals surface area contributed by atoms with E-state index in [1.165, 1.54) is 44.1 Å². The fraction of sp³-hybridized carbons (Fsp3) is 0.625. The Morgan fingerprint density at radius 1 is 1.06 bits per heavy atom. The lowest BCUT2D eigenvalue weighted by atomic mass is 9.84. The summed E-state index contributed by atoms with van der Waals surface area (Å²) in [6, 6.07) is 3.29. The quantitative estimate of drug-likeness (QED) is 0.772. The molecule has 2 N–H and O–H groups in total. The van der Waals surface area contributed by atoms with E-state index in [1.807, 2.05) is 13.8 Å². The lowest BCUT2D eigenvalue weighted by molar-refractivity contribution is 0.380. The number of hydrogen-bond donors (Lipinski definition) is 1. The van der Waals surface area contributed by atoms with Crippen LogP contribution in [0.1, 0.15) is 61.3 Å². The van der Waals surface area contributed by atoms with Gasteiger partial charge in [0.15, 0.2) is 0 Å². The number of halogens is 1. The summed E-state index contributed by atoms with van der Waals surface area (Å²) in [4.78, 5) is 0. The van der Waals surface area contributed by atoms with Gasteiger partial charge in [-0.3, -0.25) is 0 Å². The summed E-state index contributed by atoms with van der Waals surface area (Å²) >= 11 is 0. The van der Waals surface area contributed by atoms with Crippen molar-refractivity contribution in [2.45, 2.75) is 58.4 Å². The molecule has 0 bridgehead atoms. The summed E-state index contributed by atoms with van der Waals surface area (Å²) in [5, 5.41) is 0. The van der Waals surface area contributed by atoms with E-state index < -0.39 is 0 Å². The van der Waals surface area contributed by atoms with Gasteiger partial charge in [0.25, 0.3) is 0 Å². The Balaban J connectivity index is 2.24. The van der Waals surface area contributed by atoms with Crippen LogP contribution in [0.15, 0.2) is 12.1 Å². The van der Waals surface area contributed by atoms with Crippen molar-refractivity contribution in [1.29, 1.82) is 0 Å². The highest BCUT2D eigenvalue weighted by Gasteiger charge is 2.23. The van der Waals surface area contributed by atoms with Gasteiger partial charge in [0.1, 0.15) is 5.82 Å². The second-order valence-corrected chi connectivity index (χ2v) is 5.73. The number of rotatable bonds is 2. The third-order valence-corrected chi connectivity index (χ3v) is 4.30. The number of nitrogens with two attached hydrogens (primary N) is 1. The van der Waals surface area contributed by atoms with Gasteiger partial charge >= 0.3 is 0 Å². The molecule has 2 rings (SSSR count). The summed E-state index contributed by atoms with van der Waals surface area (Å²) in [5.74, 6) is 0.414. The predicted octanol–water partition coefficient (Wildman–Crippen LogP) is 4.41. The van der Waals surface area contributed by atoms with E-state index in [1.54, 1.807) is 12.1 Å². The zero-order valence-electron chi connectivity index (χ0n) is 11.5.